The van der Waals surface area contributed by atoms with Crippen LogP contribution in [0.25, 0.3) is 0 Å². The van der Waals surface area contributed by atoms with Crippen LogP contribution in [0.2, 0.25) is 10.0 Å². The fraction of sp³-hybridized carbons (Fsp3) is 0.0526. The van der Waals surface area contributed by atoms with Gasteiger partial charge in [0.05, 0.1) is 31.8 Å². The quantitative estimate of drug-likeness (QED) is 0.372. The van der Waals surface area contributed by atoms with E-state index in [1.54, 1.807) is 0 Å². The molecule has 3 rings (SSSR count). The first-order chi connectivity index (χ1) is 15.2. The summed E-state index contributed by atoms with van der Waals surface area (Å²) in [5.41, 5.74) is 4.00. The van der Waals surface area contributed by atoms with Crippen LogP contribution in [0, 0.1) is 0 Å². The van der Waals surface area contributed by atoms with Crippen LogP contribution in [0.5, 0.6) is 0 Å². The first kappa shape index (κ1) is 25.0. The summed E-state index contributed by atoms with van der Waals surface area (Å²) in [6.07, 6.45) is -4.89. The van der Waals surface area contributed by atoms with Crippen molar-refractivity contribution in [3.8, 4) is 0 Å². The molecule has 0 aromatic heterocycles. The Kier molecular flexibility index (Phi) is 6.76. The number of hydrogen-bond donors (Lipinski definition) is 3. The molecule has 0 fully saturated rings. The Morgan fingerprint density at radius 2 is 1.27 bits per heavy atom. The van der Waals surface area contributed by atoms with E-state index in [2.05, 4.69) is 9.44 Å². The summed E-state index contributed by atoms with van der Waals surface area (Å²) in [6.45, 7) is 0. The topological polar surface area (TPSA) is 118 Å². The largest absolute Gasteiger partial charge is 0.417 e. The molecule has 7 nitrogen and oxygen atoms in total. The van der Waals surface area contributed by atoms with Gasteiger partial charge < -0.3 is 5.73 Å². The minimum absolute atomic E-state index is 0.0372. The van der Waals surface area contributed by atoms with E-state index < -0.39 is 41.7 Å². The number of nitrogens with one attached hydrogen (secondary N) is 2. The van der Waals surface area contributed by atoms with E-state index in [0.29, 0.717) is 11.8 Å². The molecule has 0 aliphatic carbocycles. The summed E-state index contributed by atoms with van der Waals surface area (Å²) in [6, 6.07) is 10.8. The fourth-order valence-corrected chi connectivity index (χ4v) is 5.21. The van der Waals surface area contributed by atoms with E-state index >= 15 is 0 Å². The third-order valence-corrected chi connectivity index (χ3v) is 7.52. The van der Waals surface area contributed by atoms with Crippen LogP contribution in [0.3, 0.4) is 0 Å². The molecule has 0 radical (unpaired) electrons. The van der Waals surface area contributed by atoms with Crippen LogP contribution in [0.4, 0.5) is 30.2 Å². The van der Waals surface area contributed by atoms with Crippen LogP contribution in [-0.4, -0.2) is 16.8 Å². The van der Waals surface area contributed by atoms with Gasteiger partial charge >= 0.3 is 6.18 Å². The van der Waals surface area contributed by atoms with Gasteiger partial charge in [-0.25, -0.2) is 16.8 Å². The molecule has 0 spiro atoms. The lowest BCUT2D eigenvalue weighted by molar-refractivity contribution is -0.137. The highest BCUT2D eigenvalue weighted by Gasteiger charge is 2.34. The Morgan fingerprint density at radius 3 is 1.88 bits per heavy atom. The third-order valence-electron chi connectivity index (χ3n) is 4.21. The highest BCUT2D eigenvalue weighted by Crippen LogP contribution is 2.37. The predicted molar refractivity (Wildman–Crippen MR) is 120 cm³/mol. The average Bonchev–Trinajstić information content (AvgIpc) is 2.69. The third kappa shape index (κ3) is 5.82. The van der Waals surface area contributed by atoms with Gasteiger partial charge in [-0.2, -0.15) is 13.2 Å². The van der Waals surface area contributed by atoms with Crippen molar-refractivity contribution < 1.29 is 30.0 Å². The molecule has 0 amide bonds. The van der Waals surface area contributed by atoms with Crippen molar-refractivity contribution in [3.05, 3.63) is 76.3 Å². The number of hydrogen-bond acceptors (Lipinski definition) is 5. The van der Waals surface area contributed by atoms with Gasteiger partial charge in [-0.1, -0.05) is 23.2 Å². The zero-order valence-electron chi connectivity index (χ0n) is 16.2. The first-order valence-corrected chi connectivity index (χ1v) is 12.5. The monoisotopic (exact) mass is 539 g/mol. The van der Waals surface area contributed by atoms with Crippen molar-refractivity contribution in [1.82, 2.24) is 0 Å². The molecule has 0 saturated carbocycles. The molecule has 3 aromatic carbocycles. The number of anilines is 3. The number of nitrogen functional groups attached to an aromatic ring is 1. The van der Waals surface area contributed by atoms with E-state index in [-0.39, 0.29) is 21.3 Å². The van der Waals surface area contributed by atoms with Crippen molar-refractivity contribution in [3.63, 3.8) is 0 Å². The average molecular weight is 540 g/mol. The Hall–Kier alpha value is -2.67. The molecule has 3 aromatic rings. The number of alkyl halides is 3. The second kappa shape index (κ2) is 8.93. The summed E-state index contributed by atoms with van der Waals surface area (Å²) in [7, 11) is -8.76. The maximum absolute atomic E-state index is 13.1. The zero-order valence-corrected chi connectivity index (χ0v) is 19.3. The molecule has 0 unspecified atom stereocenters. The van der Waals surface area contributed by atoms with Gasteiger partial charge in [0.25, 0.3) is 20.0 Å². The molecule has 0 atom stereocenters. The van der Waals surface area contributed by atoms with E-state index in [4.69, 9.17) is 28.9 Å². The van der Waals surface area contributed by atoms with Crippen molar-refractivity contribution in [2.75, 3.05) is 15.2 Å². The van der Waals surface area contributed by atoms with Gasteiger partial charge in [0.1, 0.15) is 0 Å². The first-order valence-electron chi connectivity index (χ1n) is 8.76. The molecule has 0 aliphatic rings. The molecule has 176 valence electrons. The molecule has 0 bridgehead atoms. The maximum atomic E-state index is 13.1. The van der Waals surface area contributed by atoms with Gasteiger partial charge in [0, 0.05) is 10.7 Å². The minimum atomic E-state index is -4.89. The summed E-state index contributed by atoms with van der Waals surface area (Å²) in [5.74, 6) is 0. The Labute approximate surface area is 197 Å². The van der Waals surface area contributed by atoms with Crippen LogP contribution >= 0.6 is 23.2 Å². The van der Waals surface area contributed by atoms with E-state index in [0.717, 1.165) is 18.2 Å². The van der Waals surface area contributed by atoms with Crippen molar-refractivity contribution in [1.29, 1.82) is 0 Å². The summed E-state index contributed by atoms with van der Waals surface area (Å²) < 4.78 is 94.6. The second-order valence-electron chi connectivity index (χ2n) is 6.61. The maximum Gasteiger partial charge on any atom is 0.417 e. The van der Waals surface area contributed by atoms with Gasteiger partial charge in [-0.3, -0.25) is 9.44 Å². The fourth-order valence-electron chi connectivity index (χ4n) is 2.63. The number of rotatable bonds is 6. The number of nitrogens with two attached hydrogens (primary N) is 1. The van der Waals surface area contributed by atoms with Crippen LogP contribution in [-0.2, 0) is 26.2 Å². The van der Waals surface area contributed by atoms with Gasteiger partial charge in [-0.15, -0.1) is 0 Å². The molecular formula is C19H14Cl2F3N3O4S2. The van der Waals surface area contributed by atoms with E-state index in [9.17, 15) is 30.0 Å². The number of benzene rings is 3. The SMILES string of the molecule is Nc1ccc(S(=O)(=O)Nc2ccc(Cl)cc2NS(=O)(=O)c2ccc(Cl)c(C(F)(F)F)c2)cc1. The molecule has 14 heteroatoms. The van der Waals surface area contributed by atoms with Crippen molar-refractivity contribution in [2.24, 2.45) is 0 Å². The lowest BCUT2D eigenvalue weighted by Gasteiger charge is -2.16. The van der Waals surface area contributed by atoms with E-state index in [1.165, 1.54) is 36.4 Å². The Bertz CT molecular complexity index is 1410. The predicted octanol–water partition coefficient (Wildman–Crippen LogP) is 5.20. The number of sulfonamides is 2. The molecular weight excluding hydrogens is 526 g/mol. The van der Waals surface area contributed by atoms with E-state index in [1.807, 2.05) is 0 Å². The van der Waals surface area contributed by atoms with Gasteiger partial charge in [0.15, 0.2) is 0 Å². The van der Waals surface area contributed by atoms with Gasteiger partial charge in [-0.05, 0) is 60.7 Å². The highest BCUT2D eigenvalue weighted by atomic mass is 35.5. The minimum Gasteiger partial charge on any atom is -0.399 e. The Morgan fingerprint density at radius 1 is 0.727 bits per heavy atom. The molecule has 4 N–H and O–H groups in total. The summed E-state index contributed by atoms with van der Waals surface area (Å²) in [5, 5.41) is -0.642. The summed E-state index contributed by atoms with van der Waals surface area (Å²) in [4.78, 5) is -0.903. The normalized spacial score (nSPS) is 12.4. The smallest absolute Gasteiger partial charge is 0.399 e. The standard InChI is InChI=1S/C19H14Cl2F3N3O4S2/c20-11-1-8-17(26-32(28,29)13-4-2-12(25)3-5-13)18(9-11)27-33(30,31)14-6-7-16(21)15(10-14)19(22,23)24/h1-10,26-27H,25H2. The van der Waals surface area contributed by atoms with Gasteiger partial charge in [0.2, 0.25) is 0 Å². The molecule has 0 heterocycles. The lowest BCUT2D eigenvalue weighted by Crippen LogP contribution is -2.18. The van der Waals surface area contributed by atoms with Crippen molar-refractivity contribution >= 4 is 60.3 Å². The van der Waals surface area contributed by atoms with Crippen LogP contribution in [0.15, 0.2) is 70.5 Å². The highest BCUT2D eigenvalue weighted by molar-refractivity contribution is 7.93. The Balaban J connectivity index is 2.00. The second-order valence-corrected chi connectivity index (χ2v) is 10.8. The van der Waals surface area contributed by atoms with Crippen LogP contribution < -0.4 is 15.2 Å². The summed E-state index contributed by atoms with van der Waals surface area (Å²) >= 11 is 11.5. The number of halogens is 5. The lowest BCUT2D eigenvalue weighted by atomic mass is 10.2. The molecule has 0 saturated heterocycles. The molecule has 33 heavy (non-hydrogen) atoms. The van der Waals surface area contributed by atoms with Crippen LogP contribution in [0.1, 0.15) is 5.56 Å². The molecule has 0 aliphatic heterocycles. The van der Waals surface area contributed by atoms with Crippen molar-refractivity contribution in [2.45, 2.75) is 16.0 Å². The zero-order chi connectivity index (χ0) is 24.6.